The van der Waals surface area contributed by atoms with Gasteiger partial charge in [-0.05, 0) is 59.6 Å². The average molecular weight is 504 g/mol. The van der Waals surface area contributed by atoms with E-state index in [0.29, 0.717) is 24.2 Å². The third-order valence-corrected chi connectivity index (χ3v) is 5.55. The van der Waals surface area contributed by atoms with Crippen molar-refractivity contribution in [1.29, 1.82) is 0 Å². The number of fused-ring (bicyclic) bond motifs is 2. The van der Waals surface area contributed by atoms with Gasteiger partial charge in [0.05, 0.1) is 24.5 Å². The molecule has 2 N–H and O–H groups in total. The molecule has 1 aromatic rings. The van der Waals surface area contributed by atoms with E-state index < -0.39 is 47.9 Å². The molecule has 1 aromatic carbocycles. The summed E-state index contributed by atoms with van der Waals surface area (Å²) in [7, 11) is 1.50. The molecule has 0 radical (unpaired) electrons. The molecule has 0 bridgehead atoms. The molecule has 3 rings (SSSR count). The normalized spacial score (nSPS) is 28.1. The molecule has 1 fully saturated rings. The summed E-state index contributed by atoms with van der Waals surface area (Å²) in [6.07, 6.45) is 4.70. The van der Waals surface area contributed by atoms with Crippen molar-refractivity contribution < 1.29 is 38.4 Å². The molecule has 2 heterocycles. The molecule has 4 atom stereocenters. The number of carbonyl (C=O) groups excluding carboxylic acids is 2. The number of cyclic esters (lactones) is 1. The minimum Gasteiger partial charge on any atom is -0.497 e. The number of aliphatic hydroxyl groups excluding tert-OH is 1. The van der Waals surface area contributed by atoms with E-state index in [-0.39, 0.29) is 11.3 Å². The fraction of sp³-hybridized carbons (Fsp3) is 0.556. The number of esters is 1. The maximum atomic E-state index is 13.3. The Morgan fingerprint density at radius 3 is 2.56 bits per heavy atom. The lowest BCUT2D eigenvalue weighted by Gasteiger charge is -2.22. The van der Waals surface area contributed by atoms with Crippen LogP contribution in [0.4, 0.5) is 10.5 Å². The topological polar surface area (TPSA) is 113 Å². The quantitative estimate of drug-likeness (QED) is 0.436. The van der Waals surface area contributed by atoms with Gasteiger partial charge in [0.1, 0.15) is 29.7 Å². The maximum absolute atomic E-state index is 13.3. The number of benzene rings is 1. The zero-order chi connectivity index (χ0) is 26.7. The predicted molar refractivity (Wildman–Crippen MR) is 135 cm³/mol. The molecule has 0 aromatic heterocycles. The van der Waals surface area contributed by atoms with Crippen LogP contribution in [0.15, 0.2) is 30.4 Å². The SMILES string of the molecule is COc1cc2c(c(NC(=O)OC(C)(C)C)c1)C(=O)O[C@@H](C)C/C=C\C(O)[C@H]1OC(C)(C)O[C@H]1C/C=C/2. The first-order chi connectivity index (χ1) is 16.8. The average Bonchev–Trinajstić information content (AvgIpc) is 3.05. The second kappa shape index (κ2) is 11.0. The molecule has 0 spiro atoms. The summed E-state index contributed by atoms with van der Waals surface area (Å²) in [5.41, 5.74) is 0.142. The van der Waals surface area contributed by atoms with Crippen LogP contribution >= 0.6 is 0 Å². The predicted octanol–water partition coefficient (Wildman–Crippen LogP) is 4.83. The van der Waals surface area contributed by atoms with Gasteiger partial charge in [0.15, 0.2) is 5.79 Å². The molecule has 1 saturated heterocycles. The first kappa shape index (κ1) is 27.7. The Balaban J connectivity index is 2.04. The number of methoxy groups -OCH3 is 1. The molecule has 0 saturated carbocycles. The van der Waals surface area contributed by atoms with E-state index in [9.17, 15) is 14.7 Å². The molecule has 36 heavy (non-hydrogen) atoms. The van der Waals surface area contributed by atoms with E-state index in [4.69, 9.17) is 23.7 Å². The van der Waals surface area contributed by atoms with Gasteiger partial charge in [-0.15, -0.1) is 0 Å². The minimum absolute atomic E-state index is 0.173. The molecule has 1 unspecified atom stereocenters. The van der Waals surface area contributed by atoms with Crippen molar-refractivity contribution >= 4 is 23.8 Å². The fourth-order valence-electron chi connectivity index (χ4n) is 4.10. The van der Waals surface area contributed by atoms with Gasteiger partial charge in [-0.1, -0.05) is 24.3 Å². The van der Waals surface area contributed by atoms with E-state index in [1.165, 1.54) is 7.11 Å². The Morgan fingerprint density at radius 1 is 1.17 bits per heavy atom. The molecule has 2 aliphatic heterocycles. The number of hydrogen-bond acceptors (Lipinski definition) is 8. The molecule has 9 nitrogen and oxygen atoms in total. The first-order valence-corrected chi connectivity index (χ1v) is 12.1. The van der Waals surface area contributed by atoms with Gasteiger partial charge in [0, 0.05) is 12.5 Å². The number of rotatable bonds is 2. The van der Waals surface area contributed by atoms with Crippen LogP contribution in [-0.4, -0.2) is 60.1 Å². The number of hydrogen-bond donors (Lipinski definition) is 2. The van der Waals surface area contributed by atoms with Crippen molar-refractivity contribution in [3.05, 3.63) is 41.5 Å². The van der Waals surface area contributed by atoms with E-state index >= 15 is 0 Å². The van der Waals surface area contributed by atoms with Crippen LogP contribution < -0.4 is 10.1 Å². The third-order valence-electron chi connectivity index (χ3n) is 5.55. The highest BCUT2D eigenvalue weighted by Crippen LogP contribution is 2.34. The molecule has 1 amide bonds. The highest BCUT2D eigenvalue weighted by atomic mass is 16.8. The molecule has 9 heteroatoms. The second-order valence-corrected chi connectivity index (χ2v) is 10.4. The lowest BCUT2D eigenvalue weighted by Crippen LogP contribution is -2.34. The van der Waals surface area contributed by atoms with E-state index in [2.05, 4.69) is 5.32 Å². The summed E-state index contributed by atoms with van der Waals surface area (Å²) in [6, 6.07) is 3.24. The van der Waals surface area contributed by atoms with Crippen molar-refractivity contribution in [2.45, 2.75) is 90.2 Å². The molecular formula is C27H37NO8. The van der Waals surface area contributed by atoms with Crippen LogP contribution in [-0.2, 0) is 18.9 Å². The summed E-state index contributed by atoms with van der Waals surface area (Å²) in [5, 5.41) is 13.4. The molecule has 198 valence electrons. The largest absolute Gasteiger partial charge is 0.497 e. The zero-order valence-electron chi connectivity index (χ0n) is 22.0. The van der Waals surface area contributed by atoms with E-state index in [0.717, 1.165) is 0 Å². The maximum Gasteiger partial charge on any atom is 0.412 e. The Morgan fingerprint density at radius 2 is 1.89 bits per heavy atom. The Labute approximate surface area is 212 Å². The van der Waals surface area contributed by atoms with Crippen LogP contribution in [0.25, 0.3) is 6.08 Å². The van der Waals surface area contributed by atoms with Crippen LogP contribution in [0.1, 0.15) is 70.3 Å². The Kier molecular flexibility index (Phi) is 8.48. The highest BCUT2D eigenvalue weighted by molar-refractivity contribution is 6.03. The monoisotopic (exact) mass is 503 g/mol. The number of nitrogens with one attached hydrogen (secondary N) is 1. The molecular weight excluding hydrogens is 466 g/mol. The van der Waals surface area contributed by atoms with Gasteiger partial charge >= 0.3 is 12.1 Å². The summed E-state index contributed by atoms with van der Waals surface area (Å²) >= 11 is 0. The van der Waals surface area contributed by atoms with Gasteiger partial charge in [0.2, 0.25) is 0 Å². The number of ether oxygens (including phenoxy) is 5. The summed E-state index contributed by atoms with van der Waals surface area (Å²) in [6.45, 7) is 10.6. The summed E-state index contributed by atoms with van der Waals surface area (Å²) < 4.78 is 28.5. The number of anilines is 1. The lowest BCUT2D eigenvalue weighted by molar-refractivity contribution is -0.152. The van der Waals surface area contributed by atoms with Gasteiger partial charge < -0.3 is 28.8 Å². The van der Waals surface area contributed by atoms with Crippen LogP contribution in [0, 0.1) is 0 Å². The summed E-state index contributed by atoms with van der Waals surface area (Å²) in [5.74, 6) is -1.02. The second-order valence-electron chi connectivity index (χ2n) is 10.4. The lowest BCUT2D eigenvalue weighted by atomic mass is 10.0. The van der Waals surface area contributed by atoms with Crippen molar-refractivity contribution in [3.63, 3.8) is 0 Å². The smallest absolute Gasteiger partial charge is 0.412 e. The first-order valence-electron chi connectivity index (χ1n) is 12.1. The minimum atomic E-state index is -0.881. The highest BCUT2D eigenvalue weighted by Gasteiger charge is 2.43. The summed E-state index contributed by atoms with van der Waals surface area (Å²) in [4.78, 5) is 25.9. The molecule has 0 aliphatic carbocycles. The van der Waals surface area contributed by atoms with E-state index in [1.54, 1.807) is 71.9 Å². The van der Waals surface area contributed by atoms with Gasteiger partial charge in [-0.2, -0.15) is 0 Å². The van der Waals surface area contributed by atoms with E-state index in [1.807, 2.05) is 6.08 Å². The van der Waals surface area contributed by atoms with Crippen molar-refractivity contribution in [1.82, 2.24) is 0 Å². The van der Waals surface area contributed by atoms with Crippen molar-refractivity contribution in [2.24, 2.45) is 0 Å². The Hall–Kier alpha value is -2.88. The number of amides is 1. The van der Waals surface area contributed by atoms with Crippen molar-refractivity contribution in [2.75, 3.05) is 12.4 Å². The third kappa shape index (κ3) is 7.32. The van der Waals surface area contributed by atoms with Crippen LogP contribution in [0.2, 0.25) is 0 Å². The van der Waals surface area contributed by atoms with Gasteiger partial charge in [0.25, 0.3) is 0 Å². The van der Waals surface area contributed by atoms with Gasteiger partial charge in [-0.25, -0.2) is 9.59 Å². The number of aliphatic hydroxyl groups is 1. The molecule has 2 aliphatic rings. The van der Waals surface area contributed by atoms with Crippen LogP contribution in [0.5, 0.6) is 5.75 Å². The van der Waals surface area contributed by atoms with Crippen molar-refractivity contribution in [3.8, 4) is 5.75 Å². The van der Waals surface area contributed by atoms with Crippen LogP contribution in [0.3, 0.4) is 0 Å². The Bertz CT molecular complexity index is 1020. The fourth-order valence-corrected chi connectivity index (χ4v) is 4.10. The standard InChI is InChI=1S/C27H37NO8/c1-16-10-8-12-20(29)23-21(34-27(5,6)35-23)13-9-11-17-14-18(32-7)15-19(22(17)24(30)33-16)28-25(31)36-26(2,3)4/h8-9,11-12,14-16,20-21,23,29H,10,13H2,1-7H3,(H,28,31)/b11-9+,12-8-/t16-,20?,21-,23+/m0/s1. The van der Waals surface area contributed by atoms with Gasteiger partial charge in [-0.3, -0.25) is 5.32 Å². The number of carbonyl (C=O) groups is 2. The zero-order valence-corrected chi connectivity index (χ0v) is 22.0.